The Morgan fingerprint density at radius 1 is 0.625 bits per heavy atom. The maximum absolute atomic E-state index is 11.9. The van der Waals surface area contributed by atoms with Gasteiger partial charge in [-0.15, -0.1) is 0 Å². The van der Waals surface area contributed by atoms with Crippen molar-refractivity contribution in [2.24, 2.45) is 0 Å². The number of hydrogen-bond donors (Lipinski definition) is 2. The lowest BCUT2D eigenvalue weighted by Crippen LogP contribution is -2.22. The molecule has 1 aromatic rings. The number of phenols is 1. The summed E-state index contributed by atoms with van der Waals surface area (Å²) in [5.41, 5.74) is 1.02. The highest BCUT2D eigenvalue weighted by Crippen LogP contribution is 2.15. The second-order valence-electron chi connectivity index (χ2n) is 9.56. The first-order chi connectivity index (χ1) is 15.7. The monoisotopic (exact) mass is 445 g/mol. The Labute approximate surface area is 198 Å². The molecule has 0 aliphatic heterocycles. The topological polar surface area (TPSA) is 49.3 Å². The van der Waals surface area contributed by atoms with E-state index in [1.165, 1.54) is 109 Å². The number of unbranched alkanes of at least 4 members (excludes halogenated alkanes) is 18. The van der Waals surface area contributed by atoms with E-state index < -0.39 is 0 Å². The van der Waals surface area contributed by atoms with Crippen LogP contribution in [0.1, 0.15) is 141 Å². The number of rotatable bonds is 22. The van der Waals surface area contributed by atoms with Crippen molar-refractivity contribution < 1.29 is 9.90 Å². The smallest absolute Gasteiger partial charge is 0.220 e. The first-order valence-electron chi connectivity index (χ1n) is 13.8. The molecule has 1 aromatic carbocycles. The van der Waals surface area contributed by atoms with Crippen molar-refractivity contribution in [3.63, 3.8) is 0 Å². The number of carbonyl (C=O) groups is 1. The van der Waals surface area contributed by atoms with E-state index in [4.69, 9.17) is 0 Å². The van der Waals surface area contributed by atoms with Crippen LogP contribution in [0.4, 0.5) is 0 Å². The van der Waals surface area contributed by atoms with Crippen LogP contribution >= 0.6 is 0 Å². The fourth-order valence-corrected chi connectivity index (χ4v) is 4.27. The minimum Gasteiger partial charge on any atom is -0.508 e. The summed E-state index contributed by atoms with van der Waals surface area (Å²) in [6.45, 7) is 2.83. The van der Waals surface area contributed by atoms with Gasteiger partial charge in [-0.1, -0.05) is 135 Å². The van der Waals surface area contributed by atoms with Gasteiger partial charge in [-0.3, -0.25) is 4.79 Å². The van der Waals surface area contributed by atoms with Gasteiger partial charge in [-0.2, -0.15) is 0 Å². The summed E-state index contributed by atoms with van der Waals surface area (Å²) in [6.07, 6.45) is 26.6. The Kier molecular flexibility index (Phi) is 19.0. The maximum atomic E-state index is 11.9. The molecule has 32 heavy (non-hydrogen) atoms. The van der Waals surface area contributed by atoms with Crippen LogP contribution in [0.3, 0.4) is 0 Å². The van der Waals surface area contributed by atoms with Crippen molar-refractivity contribution in [2.45, 2.75) is 142 Å². The van der Waals surface area contributed by atoms with E-state index in [9.17, 15) is 9.90 Å². The lowest BCUT2D eigenvalue weighted by Gasteiger charge is -2.06. The van der Waals surface area contributed by atoms with Gasteiger partial charge in [0.15, 0.2) is 0 Å². The van der Waals surface area contributed by atoms with E-state index in [2.05, 4.69) is 12.2 Å². The number of amides is 1. The maximum Gasteiger partial charge on any atom is 0.220 e. The van der Waals surface area contributed by atoms with Crippen molar-refractivity contribution in [3.05, 3.63) is 29.8 Å². The van der Waals surface area contributed by atoms with E-state index in [-0.39, 0.29) is 11.7 Å². The van der Waals surface area contributed by atoms with Crippen LogP contribution in [0, 0.1) is 0 Å². The SMILES string of the molecule is CCCCCCCCCCCCCCCCCCCCCC(=O)NCc1ccc(O)cc1. The second-order valence-corrected chi connectivity index (χ2v) is 9.56. The average molecular weight is 446 g/mol. The molecule has 0 heterocycles. The molecule has 0 radical (unpaired) electrons. The van der Waals surface area contributed by atoms with Crippen LogP contribution in [0.2, 0.25) is 0 Å². The molecule has 0 aliphatic rings. The van der Waals surface area contributed by atoms with Crippen LogP contribution in [0.5, 0.6) is 5.75 Å². The number of phenolic OH excluding ortho intramolecular Hbond substituents is 1. The number of hydrogen-bond acceptors (Lipinski definition) is 2. The van der Waals surface area contributed by atoms with Crippen LogP contribution in [-0.2, 0) is 11.3 Å². The predicted molar refractivity (Wildman–Crippen MR) is 138 cm³/mol. The lowest BCUT2D eigenvalue weighted by molar-refractivity contribution is -0.121. The van der Waals surface area contributed by atoms with Gasteiger partial charge in [0.1, 0.15) is 5.75 Å². The second kappa shape index (κ2) is 21.3. The largest absolute Gasteiger partial charge is 0.508 e. The van der Waals surface area contributed by atoms with Crippen molar-refractivity contribution in [1.82, 2.24) is 5.32 Å². The molecular formula is C29H51NO2. The fourth-order valence-electron chi connectivity index (χ4n) is 4.27. The van der Waals surface area contributed by atoms with Crippen molar-refractivity contribution >= 4 is 5.91 Å². The predicted octanol–water partition coefficient (Wildman–Crippen LogP) is 8.83. The van der Waals surface area contributed by atoms with Gasteiger partial charge in [0.05, 0.1) is 0 Å². The molecule has 0 saturated carbocycles. The molecule has 0 bridgehead atoms. The van der Waals surface area contributed by atoms with Gasteiger partial charge in [0.25, 0.3) is 0 Å². The van der Waals surface area contributed by atoms with E-state index >= 15 is 0 Å². The molecule has 0 aromatic heterocycles. The number of nitrogens with one attached hydrogen (secondary N) is 1. The molecule has 0 unspecified atom stereocenters. The molecule has 0 atom stereocenters. The van der Waals surface area contributed by atoms with E-state index in [1.54, 1.807) is 12.1 Å². The van der Waals surface area contributed by atoms with Crippen LogP contribution in [0.25, 0.3) is 0 Å². The third-order valence-corrected chi connectivity index (χ3v) is 6.43. The highest BCUT2D eigenvalue weighted by atomic mass is 16.3. The highest BCUT2D eigenvalue weighted by molar-refractivity contribution is 5.75. The summed E-state index contributed by atoms with van der Waals surface area (Å²) in [5, 5.41) is 12.2. The Balaban J connectivity index is 1.74. The Hall–Kier alpha value is -1.51. The van der Waals surface area contributed by atoms with Gasteiger partial charge in [0, 0.05) is 13.0 Å². The van der Waals surface area contributed by atoms with Gasteiger partial charge < -0.3 is 10.4 Å². The van der Waals surface area contributed by atoms with Crippen LogP contribution < -0.4 is 5.32 Å². The zero-order valence-corrected chi connectivity index (χ0v) is 21.0. The molecule has 0 spiro atoms. The Morgan fingerprint density at radius 2 is 1.00 bits per heavy atom. The summed E-state index contributed by atoms with van der Waals surface area (Å²) in [5.74, 6) is 0.388. The molecule has 0 aliphatic carbocycles. The summed E-state index contributed by atoms with van der Waals surface area (Å²) >= 11 is 0. The van der Waals surface area contributed by atoms with Gasteiger partial charge >= 0.3 is 0 Å². The molecular weight excluding hydrogens is 394 g/mol. The minimum absolute atomic E-state index is 0.130. The summed E-state index contributed by atoms with van der Waals surface area (Å²) in [4.78, 5) is 11.9. The first-order valence-corrected chi connectivity index (χ1v) is 13.8. The quantitative estimate of drug-likeness (QED) is 0.175. The van der Waals surface area contributed by atoms with E-state index in [0.29, 0.717) is 13.0 Å². The molecule has 0 fully saturated rings. The summed E-state index contributed by atoms with van der Waals surface area (Å²) < 4.78 is 0. The Morgan fingerprint density at radius 3 is 1.41 bits per heavy atom. The molecule has 1 rings (SSSR count). The number of benzene rings is 1. The Bertz CT molecular complexity index is 541. The summed E-state index contributed by atoms with van der Waals surface area (Å²) in [6, 6.07) is 6.98. The number of carbonyl (C=O) groups excluding carboxylic acids is 1. The molecule has 0 saturated heterocycles. The van der Waals surface area contributed by atoms with Crippen LogP contribution in [0.15, 0.2) is 24.3 Å². The molecule has 3 heteroatoms. The van der Waals surface area contributed by atoms with Crippen molar-refractivity contribution in [1.29, 1.82) is 0 Å². The van der Waals surface area contributed by atoms with E-state index in [0.717, 1.165) is 18.4 Å². The van der Waals surface area contributed by atoms with Gasteiger partial charge in [-0.05, 0) is 24.1 Å². The first kappa shape index (κ1) is 28.5. The molecule has 2 N–H and O–H groups in total. The molecule has 184 valence electrons. The highest BCUT2D eigenvalue weighted by Gasteiger charge is 2.02. The van der Waals surface area contributed by atoms with Gasteiger partial charge in [-0.25, -0.2) is 0 Å². The average Bonchev–Trinajstić information content (AvgIpc) is 2.80. The molecule has 1 amide bonds. The standard InChI is InChI=1S/C29H51NO2/c1-2-3-4-5-6-7-8-9-10-11-12-13-14-15-16-17-18-19-20-21-29(32)30-26-27-22-24-28(31)25-23-27/h22-25,31H,2-21,26H2,1H3,(H,30,32). The van der Waals surface area contributed by atoms with Crippen LogP contribution in [-0.4, -0.2) is 11.0 Å². The summed E-state index contributed by atoms with van der Waals surface area (Å²) in [7, 11) is 0. The number of aromatic hydroxyl groups is 1. The zero-order valence-electron chi connectivity index (χ0n) is 21.0. The minimum atomic E-state index is 0.130. The molecule has 3 nitrogen and oxygen atoms in total. The van der Waals surface area contributed by atoms with Gasteiger partial charge in [0.2, 0.25) is 5.91 Å². The third kappa shape index (κ3) is 18.1. The fraction of sp³-hybridized carbons (Fsp3) is 0.759. The van der Waals surface area contributed by atoms with Crippen molar-refractivity contribution in [3.8, 4) is 5.75 Å². The van der Waals surface area contributed by atoms with Crippen molar-refractivity contribution in [2.75, 3.05) is 0 Å². The van der Waals surface area contributed by atoms with E-state index in [1.807, 2.05) is 12.1 Å². The lowest BCUT2D eigenvalue weighted by atomic mass is 10.0. The normalized spacial score (nSPS) is 11.0. The third-order valence-electron chi connectivity index (χ3n) is 6.43. The zero-order chi connectivity index (χ0) is 23.1.